The highest BCUT2D eigenvalue weighted by molar-refractivity contribution is 5.17. The van der Waals surface area contributed by atoms with E-state index in [9.17, 15) is 0 Å². The number of nitrogens with two attached hydrogens (primary N) is 1. The number of rotatable bonds is 3. The van der Waals surface area contributed by atoms with Gasteiger partial charge in [0.05, 0.1) is 0 Å². The number of hydrogen-bond donors (Lipinski definition) is 1. The lowest BCUT2D eigenvalue weighted by Crippen LogP contribution is -2.43. The molecule has 1 heterocycles. The van der Waals surface area contributed by atoms with Crippen LogP contribution < -0.4 is 5.73 Å². The minimum absolute atomic E-state index is 0.416. The summed E-state index contributed by atoms with van der Waals surface area (Å²) < 4.78 is 0. The van der Waals surface area contributed by atoms with Gasteiger partial charge in [-0.1, -0.05) is 0 Å². The molecule has 1 aromatic heterocycles. The highest BCUT2D eigenvalue weighted by Crippen LogP contribution is 2.39. The minimum atomic E-state index is 0.416. The third kappa shape index (κ3) is 2.19. The fraction of sp³-hybridized carbons (Fsp3) is 0.583. The summed E-state index contributed by atoms with van der Waals surface area (Å²) in [6.45, 7) is 0. The molecule has 0 spiro atoms. The number of nitrogens with zero attached hydrogens (tertiary/aromatic N) is 2. The van der Waals surface area contributed by atoms with Crippen molar-refractivity contribution in [2.75, 3.05) is 14.1 Å². The predicted molar refractivity (Wildman–Crippen MR) is 61.4 cm³/mol. The molecule has 1 aromatic rings. The van der Waals surface area contributed by atoms with Crippen molar-refractivity contribution in [3.63, 3.8) is 0 Å². The maximum Gasteiger partial charge on any atom is 0.0372 e. The van der Waals surface area contributed by atoms with Crippen molar-refractivity contribution >= 4 is 0 Å². The first-order chi connectivity index (χ1) is 7.18. The second-order valence-corrected chi connectivity index (χ2v) is 4.68. The molecule has 0 saturated heterocycles. The molecule has 15 heavy (non-hydrogen) atoms. The lowest BCUT2D eigenvalue weighted by molar-refractivity contribution is 0.123. The van der Waals surface area contributed by atoms with E-state index in [2.05, 4.69) is 36.1 Å². The van der Waals surface area contributed by atoms with E-state index < -0.39 is 0 Å². The van der Waals surface area contributed by atoms with Gasteiger partial charge in [0.2, 0.25) is 0 Å². The molecule has 0 amide bonds. The second-order valence-electron chi connectivity index (χ2n) is 4.68. The van der Waals surface area contributed by atoms with E-state index in [0.29, 0.717) is 18.0 Å². The average molecular weight is 205 g/mol. The molecule has 0 aliphatic heterocycles. The van der Waals surface area contributed by atoms with Crippen LogP contribution in [-0.4, -0.2) is 30.0 Å². The molecule has 1 atom stereocenters. The van der Waals surface area contributed by atoms with E-state index in [4.69, 9.17) is 5.73 Å². The molecule has 1 aliphatic rings. The van der Waals surface area contributed by atoms with E-state index in [1.807, 2.05) is 12.4 Å². The molecule has 0 bridgehead atoms. The molecule has 1 saturated carbocycles. The Morgan fingerprint density at radius 1 is 1.33 bits per heavy atom. The van der Waals surface area contributed by atoms with Crippen molar-refractivity contribution in [1.29, 1.82) is 0 Å². The van der Waals surface area contributed by atoms with E-state index in [1.54, 1.807) is 0 Å². The van der Waals surface area contributed by atoms with Gasteiger partial charge in [-0.3, -0.25) is 4.98 Å². The van der Waals surface area contributed by atoms with Crippen LogP contribution in [0.1, 0.15) is 24.4 Å². The van der Waals surface area contributed by atoms with Gasteiger partial charge in [-0.25, -0.2) is 0 Å². The third-order valence-electron chi connectivity index (χ3n) is 3.26. The Kier molecular flexibility index (Phi) is 3.03. The van der Waals surface area contributed by atoms with Crippen LogP contribution in [0.2, 0.25) is 0 Å². The Morgan fingerprint density at radius 3 is 2.40 bits per heavy atom. The van der Waals surface area contributed by atoms with Crippen LogP contribution in [0.25, 0.3) is 0 Å². The Balaban J connectivity index is 2.14. The third-order valence-corrected chi connectivity index (χ3v) is 3.26. The minimum Gasteiger partial charge on any atom is -0.328 e. The summed E-state index contributed by atoms with van der Waals surface area (Å²) in [4.78, 5) is 6.35. The topological polar surface area (TPSA) is 42.2 Å². The lowest BCUT2D eigenvalue weighted by Gasteiger charge is -2.41. The highest BCUT2D eigenvalue weighted by atomic mass is 15.1. The maximum atomic E-state index is 5.85. The molecular formula is C12H19N3. The predicted octanol–water partition coefficient (Wildman–Crippen LogP) is 1.42. The molecule has 1 fully saturated rings. The highest BCUT2D eigenvalue weighted by Gasteiger charge is 2.34. The number of aromatic nitrogens is 1. The summed E-state index contributed by atoms with van der Waals surface area (Å²) in [5, 5.41) is 0. The Labute approximate surface area is 91.3 Å². The van der Waals surface area contributed by atoms with Gasteiger partial charge in [0.15, 0.2) is 0 Å². The zero-order chi connectivity index (χ0) is 10.8. The largest absolute Gasteiger partial charge is 0.328 e. The number of pyridine rings is 1. The SMILES string of the molecule is CN(C)C(c1ccncc1)C1CC(N)C1. The van der Waals surface area contributed by atoms with Crippen molar-refractivity contribution in [3.05, 3.63) is 30.1 Å². The molecule has 1 unspecified atom stereocenters. The van der Waals surface area contributed by atoms with Crippen LogP contribution in [0, 0.1) is 5.92 Å². The van der Waals surface area contributed by atoms with Crippen molar-refractivity contribution in [3.8, 4) is 0 Å². The van der Waals surface area contributed by atoms with Gasteiger partial charge in [0, 0.05) is 24.5 Å². The normalized spacial score (nSPS) is 27.5. The number of hydrogen-bond acceptors (Lipinski definition) is 3. The van der Waals surface area contributed by atoms with Crippen molar-refractivity contribution in [1.82, 2.24) is 9.88 Å². The van der Waals surface area contributed by atoms with E-state index in [0.717, 1.165) is 12.8 Å². The molecule has 1 aliphatic carbocycles. The molecular weight excluding hydrogens is 186 g/mol. The van der Waals surface area contributed by atoms with Gasteiger partial charge < -0.3 is 10.6 Å². The summed E-state index contributed by atoms with van der Waals surface area (Å²) in [7, 11) is 4.27. The fourth-order valence-electron chi connectivity index (χ4n) is 2.52. The molecule has 3 heteroatoms. The van der Waals surface area contributed by atoms with Gasteiger partial charge in [-0.05, 0) is 50.6 Å². The zero-order valence-corrected chi connectivity index (χ0v) is 9.43. The van der Waals surface area contributed by atoms with Gasteiger partial charge in [-0.15, -0.1) is 0 Å². The van der Waals surface area contributed by atoms with Crippen LogP contribution in [0.15, 0.2) is 24.5 Å². The summed E-state index contributed by atoms with van der Waals surface area (Å²) in [5.41, 5.74) is 7.21. The Hall–Kier alpha value is -0.930. The van der Waals surface area contributed by atoms with Crippen molar-refractivity contribution < 1.29 is 0 Å². The molecule has 2 N–H and O–H groups in total. The molecule has 3 nitrogen and oxygen atoms in total. The second kappa shape index (κ2) is 4.29. The first-order valence-corrected chi connectivity index (χ1v) is 5.50. The average Bonchev–Trinajstić information content (AvgIpc) is 2.17. The van der Waals surface area contributed by atoms with Gasteiger partial charge in [0.25, 0.3) is 0 Å². The molecule has 0 aromatic carbocycles. The van der Waals surface area contributed by atoms with Gasteiger partial charge in [-0.2, -0.15) is 0 Å². The summed E-state index contributed by atoms with van der Waals surface area (Å²) in [6, 6.07) is 5.12. The summed E-state index contributed by atoms with van der Waals surface area (Å²) in [5.74, 6) is 0.706. The Bertz CT molecular complexity index is 304. The molecule has 2 rings (SSSR count). The van der Waals surface area contributed by atoms with Crippen molar-refractivity contribution in [2.45, 2.75) is 24.9 Å². The van der Waals surface area contributed by atoms with Crippen LogP contribution in [0.4, 0.5) is 0 Å². The first-order valence-electron chi connectivity index (χ1n) is 5.50. The molecule has 82 valence electrons. The summed E-state index contributed by atoms with van der Waals surface area (Å²) in [6.07, 6.45) is 6.02. The standard InChI is InChI=1S/C12H19N3/c1-15(2)12(10-7-11(13)8-10)9-3-5-14-6-4-9/h3-6,10-12H,7-8,13H2,1-2H3. The van der Waals surface area contributed by atoms with E-state index in [-0.39, 0.29) is 0 Å². The fourth-order valence-corrected chi connectivity index (χ4v) is 2.52. The van der Waals surface area contributed by atoms with Crippen LogP contribution in [-0.2, 0) is 0 Å². The lowest BCUT2D eigenvalue weighted by atomic mass is 9.73. The first kappa shape index (κ1) is 10.6. The van der Waals surface area contributed by atoms with Crippen LogP contribution >= 0.6 is 0 Å². The van der Waals surface area contributed by atoms with Crippen LogP contribution in [0.3, 0.4) is 0 Å². The van der Waals surface area contributed by atoms with Crippen LogP contribution in [0.5, 0.6) is 0 Å². The van der Waals surface area contributed by atoms with E-state index >= 15 is 0 Å². The van der Waals surface area contributed by atoms with E-state index in [1.165, 1.54) is 5.56 Å². The monoisotopic (exact) mass is 205 g/mol. The quantitative estimate of drug-likeness (QED) is 0.811. The van der Waals surface area contributed by atoms with Gasteiger partial charge in [0.1, 0.15) is 0 Å². The maximum absolute atomic E-state index is 5.85. The molecule has 0 radical (unpaired) electrons. The van der Waals surface area contributed by atoms with Gasteiger partial charge >= 0.3 is 0 Å². The summed E-state index contributed by atoms with van der Waals surface area (Å²) >= 11 is 0. The zero-order valence-electron chi connectivity index (χ0n) is 9.43. The Morgan fingerprint density at radius 2 is 1.93 bits per heavy atom. The van der Waals surface area contributed by atoms with Crippen molar-refractivity contribution in [2.24, 2.45) is 11.7 Å². The smallest absolute Gasteiger partial charge is 0.0372 e.